The molecule has 1 amide bonds. The van der Waals surface area contributed by atoms with Gasteiger partial charge in [0, 0.05) is 26.3 Å². The number of unbranched alkanes of at least 4 members (excludes halogenated alkanes) is 16. The van der Waals surface area contributed by atoms with Crippen molar-refractivity contribution in [2.75, 3.05) is 19.8 Å². The first-order valence-corrected chi connectivity index (χ1v) is 17.0. The second kappa shape index (κ2) is 26.4. The first kappa shape index (κ1) is 38.5. The lowest BCUT2D eigenvalue weighted by atomic mass is 10.1. The van der Waals surface area contributed by atoms with Crippen LogP contribution in [-0.2, 0) is 32.9 Å². The van der Waals surface area contributed by atoms with Gasteiger partial charge in [-0.2, -0.15) is 0 Å². The SMILES string of the molecule is CCCCCCCCCCCCCC(=O)O[C@H](COC(=O)CCCCCCCCCNC(C)=O)COP(=O)(O)O. The third-order valence-electron chi connectivity index (χ3n) is 6.57. The molecule has 0 bridgehead atoms. The van der Waals surface area contributed by atoms with Crippen LogP contribution < -0.4 is 5.32 Å². The van der Waals surface area contributed by atoms with Crippen LogP contribution >= 0.6 is 7.82 Å². The first-order chi connectivity index (χ1) is 19.1. The zero-order valence-electron chi connectivity index (χ0n) is 25.0. The summed E-state index contributed by atoms with van der Waals surface area (Å²) in [5.74, 6) is -0.952. The Hall–Kier alpha value is -1.48. The summed E-state index contributed by atoms with van der Waals surface area (Å²) in [5.41, 5.74) is 0. The Morgan fingerprint density at radius 3 is 1.60 bits per heavy atom. The van der Waals surface area contributed by atoms with Crippen LogP contribution in [0, 0.1) is 0 Å². The van der Waals surface area contributed by atoms with Gasteiger partial charge in [-0.1, -0.05) is 103 Å². The molecule has 0 radical (unpaired) electrons. The molecule has 236 valence electrons. The molecule has 0 aromatic heterocycles. The molecular weight excluding hydrogens is 537 g/mol. The van der Waals surface area contributed by atoms with E-state index in [2.05, 4.69) is 16.8 Å². The number of nitrogens with one attached hydrogen (secondary N) is 1. The summed E-state index contributed by atoms with van der Waals surface area (Å²) in [6.45, 7) is 3.57. The maximum absolute atomic E-state index is 12.2. The minimum Gasteiger partial charge on any atom is -0.462 e. The van der Waals surface area contributed by atoms with Gasteiger partial charge in [-0.15, -0.1) is 0 Å². The van der Waals surface area contributed by atoms with Gasteiger partial charge >= 0.3 is 19.8 Å². The predicted molar refractivity (Wildman–Crippen MR) is 156 cm³/mol. The maximum atomic E-state index is 12.2. The van der Waals surface area contributed by atoms with Gasteiger partial charge in [-0.05, 0) is 19.3 Å². The van der Waals surface area contributed by atoms with E-state index in [1.54, 1.807) is 0 Å². The van der Waals surface area contributed by atoms with E-state index in [9.17, 15) is 18.9 Å². The summed E-state index contributed by atoms with van der Waals surface area (Å²) in [6.07, 6.45) is 18.8. The third-order valence-corrected chi connectivity index (χ3v) is 7.06. The van der Waals surface area contributed by atoms with Gasteiger partial charge in [-0.3, -0.25) is 18.9 Å². The molecule has 0 saturated carbocycles. The number of phosphoric acid groups is 1. The van der Waals surface area contributed by atoms with Crippen LogP contribution in [0.4, 0.5) is 0 Å². The topological polar surface area (TPSA) is 148 Å². The quantitative estimate of drug-likeness (QED) is 0.0524. The number of amides is 1. The van der Waals surface area contributed by atoms with Crippen molar-refractivity contribution >= 4 is 25.7 Å². The lowest BCUT2D eigenvalue weighted by Gasteiger charge is -2.18. The van der Waals surface area contributed by atoms with Crippen LogP contribution in [0.25, 0.3) is 0 Å². The van der Waals surface area contributed by atoms with Crippen molar-refractivity contribution in [2.24, 2.45) is 0 Å². The fourth-order valence-corrected chi connectivity index (χ4v) is 4.64. The molecule has 0 aliphatic heterocycles. The number of hydrogen-bond acceptors (Lipinski definition) is 7. The van der Waals surface area contributed by atoms with Crippen LogP contribution in [-0.4, -0.2) is 53.5 Å². The predicted octanol–water partition coefficient (Wildman–Crippen LogP) is 6.51. The Labute approximate surface area is 241 Å². The highest BCUT2D eigenvalue weighted by molar-refractivity contribution is 7.46. The maximum Gasteiger partial charge on any atom is 0.469 e. The van der Waals surface area contributed by atoms with Gasteiger partial charge in [0.1, 0.15) is 6.61 Å². The fraction of sp³-hybridized carbons (Fsp3) is 0.897. The van der Waals surface area contributed by atoms with Crippen molar-refractivity contribution < 1.29 is 42.7 Å². The summed E-state index contributed by atoms with van der Waals surface area (Å²) >= 11 is 0. The molecule has 0 aliphatic carbocycles. The molecule has 0 aliphatic rings. The van der Waals surface area contributed by atoms with Crippen molar-refractivity contribution in [1.82, 2.24) is 5.32 Å². The largest absolute Gasteiger partial charge is 0.469 e. The van der Waals surface area contributed by atoms with Crippen LogP contribution in [0.1, 0.15) is 142 Å². The standard InChI is InChI=1S/C29H56NO9P/c1-3-4-5-6-7-8-9-10-12-16-19-22-29(33)39-27(25-38-40(34,35)36)24-37-28(32)21-18-15-13-11-14-17-20-23-30-26(2)31/h27H,3-25H2,1-2H3,(H,30,31)(H2,34,35,36)/t27-/m1/s1. The highest BCUT2D eigenvalue weighted by atomic mass is 31.2. The van der Waals surface area contributed by atoms with Gasteiger partial charge in [-0.25, -0.2) is 4.57 Å². The average Bonchev–Trinajstić information content (AvgIpc) is 2.89. The average molecular weight is 594 g/mol. The molecule has 0 saturated heterocycles. The zero-order chi connectivity index (χ0) is 29.9. The van der Waals surface area contributed by atoms with E-state index in [1.165, 1.54) is 51.9 Å². The van der Waals surface area contributed by atoms with Gasteiger partial charge in [0.05, 0.1) is 6.61 Å². The normalized spacial score (nSPS) is 12.2. The van der Waals surface area contributed by atoms with Crippen LogP contribution in [0.15, 0.2) is 0 Å². The molecule has 3 N–H and O–H groups in total. The number of carbonyl (C=O) groups excluding carboxylic acids is 3. The molecule has 0 unspecified atom stereocenters. The van der Waals surface area contributed by atoms with Gasteiger partial charge in [0.25, 0.3) is 0 Å². The lowest BCUT2D eigenvalue weighted by Crippen LogP contribution is -2.29. The summed E-state index contributed by atoms with van der Waals surface area (Å²) in [6, 6.07) is 0. The van der Waals surface area contributed by atoms with Gasteiger partial charge in [0.15, 0.2) is 6.10 Å². The van der Waals surface area contributed by atoms with Crippen molar-refractivity contribution in [3.63, 3.8) is 0 Å². The van der Waals surface area contributed by atoms with E-state index in [1.807, 2.05) is 0 Å². The minimum absolute atomic E-state index is 0.00901. The molecular formula is C29H56NO9P. The van der Waals surface area contributed by atoms with E-state index in [-0.39, 0.29) is 25.4 Å². The van der Waals surface area contributed by atoms with Crippen LogP contribution in [0.2, 0.25) is 0 Å². The Morgan fingerprint density at radius 2 is 1.12 bits per heavy atom. The summed E-state index contributed by atoms with van der Waals surface area (Å²) < 4.78 is 26.0. The van der Waals surface area contributed by atoms with Gasteiger partial charge < -0.3 is 24.6 Å². The van der Waals surface area contributed by atoms with E-state index in [4.69, 9.17) is 19.3 Å². The van der Waals surface area contributed by atoms with E-state index in [0.29, 0.717) is 19.4 Å². The van der Waals surface area contributed by atoms with Crippen molar-refractivity contribution in [2.45, 2.75) is 148 Å². The van der Waals surface area contributed by atoms with Crippen molar-refractivity contribution in [3.05, 3.63) is 0 Å². The number of hydrogen-bond donors (Lipinski definition) is 3. The molecule has 0 fully saturated rings. The molecule has 0 aromatic carbocycles. The molecule has 0 spiro atoms. The second-order valence-electron chi connectivity index (χ2n) is 10.6. The summed E-state index contributed by atoms with van der Waals surface area (Å²) in [5, 5.41) is 2.77. The minimum atomic E-state index is -4.75. The van der Waals surface area contributed by atoms with E-state index < -0.39 is 32.5 Å². The molecule has 40 heavy (non-hydrogen) atoms. The Balaban J connectivity index is 4.03. The number of esters is 2. The molecule has 0 heterocycles. The highest BCUT2D eigenvalue weighted by Crippen LogP contribution is 2.35. The second-order valence-corrected chi connectivity index (χ2v) is 11.8. The summed E-state index contributed by atoms with van der Waals surface area (Å²) in [4.78, 5) is 53.1. The van der Waals surface area contributed by atoms with Crippen LogP contribution in [0.3, 0.4) is 0 Å². The Bertz CT molecular complexity index is 699. The smallest absolute Gasteiger partial charge is 0.462 e. The number of ether oxygens (including phenoxy) is 2. The monoisotopic (exact) mass is 593 g/mol. The van der Waals surface area contributed by atoms with Gasteiger partial charge in [0.2, 0.25) is 5.91 Å². The lowest BCUT2D eigenvalue weighted by molar-refractivity contribution is -0.161. The van der Waals surface area contributed by atoms with E-state index >= 15 is 0 Å². The molecule has 11 heteroatoms. The zero-order valence-corrected chi connectivity index (χ0v) is 25.9. The third kappa shape index (κ3) is 29.5. The number of rotatable bonds is 28. The Kier molecular flexibility index (Phi) is 25.4. The van der Waals surface area contributed by atoms with E-state index in [0.717, 1.165) is 57.8 Å². The van der Waals surface area contributed by atoms with Crippen LogP contribution in [0.5, 0.6) is 0 Å². The molecule has 0 rings (SSSR count). The van der Waals surface area contributed by atoms with Crippen molar-refractivity contribution in [3.8, 4) is 0 Å². The Morgan fingerprint density at radius 1 is 0.675 bits per heavy atom. The molecule has 1 atom stereocenters. The van der Waals surface area contributed by atoms with Crippen molar-refractivity contribution in [1.29, 1.82) is 0 Å². The highest BCUT2D eigenvalue weighted by Gasteiger charge is 2.22. The first-order valence-electron chi connectivity index (χ1n) is 15.4. The molecule has 10 nitrogen and oxygen atoms in total. The number of phosphoric ester groups is 1. The molecule has 0 aromatic rings. The summed E-state index contributed by atoms with van der Waals surface area (Å²) in [7, 11) is -4.75. The fourth-order valence-electron chi connectivity index (χ4n) is 4.28. The number of carbonyl (C=O) groups is 3.